The maximum absolute atomic E-state index is 5.89. The van der Waals surface area contributed by atoms with Crippen LogP contribution in [0.1, 0.15) is 49.4 Å². The number of hydrogen-bond acceptors (Lipinski definition) is 5. The molecule has 0 aromatic carbocycles. The van der Waals surface area contributed by atoms with Crippen molar-refractivity contribution in [3.8, 4) is 0 Å². The molecule has 0 radical (unpaired) electrons. The van der Waals surface area contributed by atoms with Crippen LogP contribution in [0.5, 0.6) is 0 Å². The van der Waals surface area contributed by atoms with Crippen LogP contribution in [0.2, 0.25) is 0 Å². The van der Waals surface area contributed by atoms with Crippen molar-refractivity contribution in [2.45, 2.75) is 45.2 Å². The van der Waals surface area contributed by atoms with E-state index in [1.165, 1.54) is 64.1 Å². The molecule has 2 fully saturated rings. The summed E-state index contributed by atoms with van der Waals surface area (Å²) in [4.78, 5) is 9.87. The van der Waals surface area contributed by atoms with E-state index in [2.05, 4.69) is 20.2 Å². The highest BCUT2D eigenvalue weighted by Gasteiger charge is 2.23. The number of likely N-dealkylation sites (tertiary alicyclic amines) is 2. The van der Waals surface area contributed by atoms with E-state index in [0.717, 1.165) is 17.5 Å². The Balaban J connectivity index is 1.42. The van der Waals surface area contributed by atoms with Gasteiger partial charge in [0.2, 0.25) is 0 Å². The molecule has 2 aliphatic heterocycles. The number of hydrogen-bond donors (Lipinski definition) is 1. The third kappa shape index (κ3) is 4.25. The molecule has 1 atom stereocenters. The normalized spacial score (nSPS) is 23.7. The van der Waals surface area contributed by atoms with Crippen molar-refractivity contribution in [1.29, 1.82) is 0 Å². The van der Waals surface area contributed by atoms with Gasteiger partial charge >= 0.3 is 0 Å². The Labute approximate surface area is 132 Å². The molecule has 4 nitrogen and oxygen atoms in total. The summed E-state index contributed by atoms with van der Waals surface area (Å²) in [5.41, 5.74) is 7.09. The van der Waals surface area contributed by atoms with Gasteiger partial charge in [-0.05, 0) is 64.7 Å². The van der Waals surface area contributed by atoms with Crippen LogP contribution in [-0.4, -0.2) is 47.5 Å². The Morgan fingerprint density at radius 1 is 1.24 bits per heavy atom. The maximum Gasteiger partial charge on any atom is 0.109 e. The fourth-order valence-corrected chi connectivity index (χ4v) is 4.26. The number of thiazole rings is 1. The van der Waals surface area contributed by atoms with E-state index in [1.807, 2.05) is 6.92 Å². The molecule has 2 aliphatic rings. The smallest absolute Gasteiger partial charge is 0.109 e. The highest BCUT2D eigenvalue weighted by Crippen LogP contribution is 2.23. The largest absolute Gasteiger partial charge is 0.322 e. The van der Waals surface area contributed by atoms with Crippen molar-refractivity contribution < 1.29 is 0 Å². The van der Waals surface area contributed by atoms with Gasteiger partial charge in [0.1, 0.15) is 5.01 Å². The molecule has 2 N–H and O–H groups in total. The molecule has 118 valence electrons. The predicted octanol–water partition coefficient (Wildman–Crippen LogP) is 2.47. The van der Waals surface area contributed by atoms with Crippen LogP contribution < -0.4 is 5.73 Å². The predicted molar refractivity (Wildman–Crippen MR) is 88.4 cm³/mol. The van der Waals surface area contributed by atoms with Gasteiger partial charge < -0.3 is 10.6 Å². The minimum absolute atomic E-state index is 0.0648. The van der Waals surface area contributed by atoms with Gasteiger partial charge in [-0.25, -0.2) is 4.98 Å². The van der Waals surface area contributed by atoms with Crippen LogP contribution >= 0.6 is 11.3 Å². The monoisotopic (exact) mass is 308 g/mol. The van der Waals surface area contributed by atoms with E-state index in [4.69, 9.17) is 5.73 Å². The highest BCUT2D eigenvalue weighted by atomic mass is 32.1. The number of nitrogens with zero attached hydrogens (tertiary/aromatic N) is 3. The summed E-state index contributed by atoms with van der Waals surface area (Å²) in [7, 11) is 0. The van der Waals surface area contributed by atoms with Crippen LogP contribution in [0, 0.1) is 5.92 Å². The molecule has 0 amide bonds. The molecular formula is C16H28N4S. The van der Waals surface area contributed by atoms with E-state index < -0.39 is 0 Å². The molecule has 0 bridgehead atoms. The Hall–Kier alpha value is -0.490. The second kappa shape index (κ2) is 7.18. The molecule has 3 heterocycles. The second-order valence-electron chi connectivity index (χ2n) is 6.69. The fraction of sp³-hybridized carbons (Fsp3) is 0.812. The molecule has 0 spiro atoms. The van der Waals surface area contributed by atoms with Crippen LogP contribution in [0.4, 0.5) is 0 Å². The van der Waals surface area contributed by atoms with Gasteiger partial charge in [-0.1, -0.05) is 0 Å². The lowest BCUT2D eigenvalue weighted by Gasteiger charge is -2.33. The average Bonchev–Trinajstić information content (AvgIpc) is 3.12. The van der Waals surface area contributed by atoms with E-state index >= 15 is 0 Å². The van der Waals surface area contributed by atoms with Gasteiger partial charge in [0.25, 0.3) is 0 Å². The van der Waals surface area contributed by atoms with Crippen molar-refractivity contribution in [2.75, 3.05) is 32.7 Å². The van der Waals surface area contributed by atoms with E-state index in [0.29, 0.717) is 0 Å². The van der Waals surface area contributed by atoms with Crippen molar-refractivity contribution in [3.63, 3.8) is 0 Å². The Morgan fingerprint density at radius 2 is 1.95 bits per heavy atom. The highest BCUT2D eigenvalue weighted by molar-refractivity contribution is 7.09. The average molecular weight is 308 g/mol. The summed E-state index contributed by atoms with van der Waals surface area (Å²) in [6, 6.07) is 0.0648. The van der Waals surface area contributed by atoms with Gasteiger partial charge in [-0.2, -0.15) is 0 Å². The van der Waals surface area contributed by atoms with Crippen molar-refractivity contribution in [3.05, 3.63) is 16.1 Å². The topological polar surface area (TPSA) is 45.4 Å². The summed E-state index contributed by atoms with van der Waals surface area (Å²) in [5.74, 6) is 0.911. The number of aromatic nitrogens is 1. The summed E-state index contributed by atoms with van der Waals surface area (Å²) in [5, 5.41) is 3.24. The molecule has 21 heavy (non-hydrogen) atoms. The zero-order valence-electron chi connectivity index (χ0n) is 13.1. The molecule has 5 heteroatoms. The summed E-state index contributed by atoms with van der Waals surface area (Å²) in [6.45, 7) is 9.46. The standard InChI is InChI=1S/C16H28N4S/c1-13(17)16-18-15(12-21-16)11-20-8-4-14(5-9-20)10-19-6-2-3-7-19/h12-14H,2-11,17H2,1H3. The first-order valence-electron chi connectivity index (χ1n) is 8.35. The Kier molecular flexibility index (Phi) is 5.27. The van der Waals surface area contributed by atoms with Crippen LogP contribution in [0.15, 0.2) is 5.38 Å². The molecule has 1 aromatic rings. The first-order chi connectivity index (χ1) is 10.2. The molecule has 0 aliphatic carbocycles. The first kappa shape index (κ1) is 15.4. The lowest BCUT2D eigenvalue weighted by molar-refractivity contribution is 0.148. The van der Waals surface area contributed by atoms with Gasteiger partial charge in [-0.3, -0.25) is 4.90 Å². The van der Waals surface area contributed by atoms with Crippen molar-refractivity contribution in [2.24, 2.45) is 11.7 Å². The lowest BCUT2D eigenvalue weighted by Crippen LogP contribution is -2.37. The molecule has 0 saturated carbocycles. The minimum Gasteiger partial charge on any atom is -0.322 e. The van der Waals surface area contributed by atoms with Crippen LogP contribution in [0.3, 0.4) is 0 Å². The zero-order chi connectivity index (χ0) is 14.7. The lowest BCUT2D eigenvalue weighted by atomic mass is 9.96. The van der Waals surface area contributed by atoms with Gasteiger partial charge in [0.15, 0.2) is 0 Å². The maximum atomic E-state index is 5.89. The van der Waals surface area contributed by atoms with E-state index in [-0.39, 0.29) is 6.04 Å². The third-order valence-corrected chi connectivity index (χ3v) is 5.86. The molecule has 1 aromatic heterocycles. The molecule has 3 rings (SSSR count). The fourth-order valence-electron chi connectivity index (χ4n) is 3.49. The van der Waals surface area contributed by atoms with E-state index in [1.54, 1.807) is 11.3 Å². The van der Waals surface area contributed by atoms with Crippen molar-refractivity contribution in [1.82, 2.24) is 14.8 Å². The van der Waals surface area contributed by atoms with Crippen molar-refractivity contribution >= 4 is 11.3 Å². The summed E-state index contributed by atoms with van der Waals surface area (Å²) < 4.78 is 0. The molecular weight excluding hydrogens is 280 g/mol. The van der Waals surface area contributed by atoms with E-state index in [9.17, 15) is 0 Å². The molecule has 1 unspecified atom stereocenters. The van der Waals surface area contributed by atoms with Gasteiger partial charge in [-0.15, -0.1) is 11.3 Å². The summed E-state index contributed by atoms with van der Waals surface area (Å²) in [6.07, 6.45) is 5.51. The number of piperidine rings is 1. The summed E-state index contributed by atoms with van der Waals surface area (Å²) >= 11 is 1.70. The van der Waals surface area contributed by atoms with Crippen LogP contribution in [0.25, 0.3) is 0 Å². The van der Waals surface area contributed by atoms with Gasteiger partial charge in [0, 0.05) is 18.5 Å². The zero-order valence-corrected chi connectivity index (χ0v) is 13.9. The number of nitrogens with two attached hydrogens (primary N) is 1. The SMILES string of the molecule is CC(N)c1nc(CN2CCC(CN3CCCC3)CC2)cs1. The quantitative estimate of drug-likeness (QED) is 0.907. The third-order valence-electron chi connectivity index (χ3n) is 4.77. The Bertz CT molecular complexity index is 431. The Morgan fingerprint density at radius 3 is 2.57 bits per heavy atom. The second-order valence-corrected chi connectivity index (χ2v) is 7.58. The molecule has 2 saturated heterocycles. The number of rotatable bonds is 5. The minimum atomic E-state index is 0.0648. The van der Waals surface area contributed by atoms with Gasteiger partial charge in [0.05, 0.1) is 11.7 Å². The van der Waals surface area contributed by atoms with Crippen LogP contribution in [-0.2, 0) is 6.54 Å². The first-order valence-corrected chi connectivity index (χ1v) is 9.23.